The molecule has 1 aliphatic rings. The molecule has 0 bridgehead atoms. The topological polar surface area (TPSA) is 84.2 Å². The predicted octanol–water partition coefficient (Wildman–Crippen LogP) is 5.21. The first-order valence-electron chi connectivity index (χ1n) is 11.9. The zero-order valence-corrected chi connectivity index (χ0v) is 19.5. The molecule has 3 heterocycles. The number of benzene rings is 2. The van der Waals surface area contributed by atoms with Crippen molar-refractivity contribution in [1.82, 2.24) is 20.1 Å². The third kappa shape index (κ3) is 5.11. The van der Waals surface area contributed by atoms with Crippen molar-refractivity contribution in [3.8, 4) is 17.0 Å². The van der Waals surface area contributed by atoms with Crippen molar-refractivity contribution in [3.05, 3.63) is 89.5 Å². The van der Waals surface area contributed by atoms with E-state index in [0.29, 0.717) is 43.4 Å². The van der Waals surface area contributed by atoms with Crippen LogP contribution in [0.5, 0.6) is 5.75 Å². The largest absolute Gasteiger partial charge is 0.493 e. The minimum absolute atomic E-state index is 0.0238. The Labute approximate surface area is 202 Å². The lowest BCUT2D eigenvalue weighted by Gasteiger charge is -2.30. The molecular formula is C27H27FN4O3. The number of halogens is 1. The van der Waals surface area contributed by atoms with Crippen LogP contribution in [0.2, 0.25) is 0 Å². The monoisotopic (exact) mass is 474 g/mol. The van der Waals surface area contributed by atoms with Gasteiger partial charge < -0.3 is 14.1 Å². The van der Waals surface area contributed by atoms with Gasteiger partial charge in [-0.25, -0.2) is 9.37 Å². The molecule has 0 radical (unpaired) electrons. The number of oxazole rings is 1. The number of aromatic amines is 1. The fraction of sp³-hybridized carbons (Fsp3) is 0.296. The summed E-state index contributed by atoms with van der Waals surface area (Å²) in [6.07, 6.45) is 4.02. The number of aromatic nitrogens is 3. The van der Waals surface area contributed by atoms with Gasteiger partial charge in [0.2, 0.25) is 0 Å². The normalized spacial score (nSPS) is 15.8. The van der Waals surface area contributed by atoms with Crippen molar-refractivity contribution < 1.29 is 18.3 Å². The van der Waals surface area contributed by atoms with Crippen molar-refractivity contribution in [2.24, 2.45) is 0 Å². The molecule has 0 aliphatic carbocycles. The van der Waals surface area contributed by atoms with Crippen molar-refractivity contribution in [3.63, 3.8) is 0 Å². The van der Waals surface area contributed by atoms with Crippen LogP contribution < -0.4 is 4.74 Å². The van der Waals surface area contributed by atoms with Crippen LogP contribution in [0.25, 0.3) is 11.3 Å². The number of hydrogen-bond donors (Lipinski definition) is 1. The predicted molar refractivity (Wildman–Crippen MR) is 129 cm³/mol. The van der Waals surface area contributed by atoms with E-state index >= 15 is 0 Å². The molecule has 2 aromatic carbocycles. The van der Waals surface area contributed by atoms with Gasteiger partial charge in [0, 0.05) is 25.1 Å². The number of rotatable bonds is 7. The Balaban J connectivity index is 1.26. The molecule has 0 spiro atoms. The molecule has 1 saturated heterocycles. The van der Waals surface area contributed by atoms with Gasteiger partial charge in [-0.2, -0.15) is 5.10 Å². The molecule has 4 aromatic rings. The summed E-state index contributed by atoms with van der Waals surface area (Å²) in [5, 5.41) is 7.26. The van der Waals surface area contributed by atoms with Crippen molar-refractivity contribution >= 4 is 5.91 Å². The van der Waals surface area contributed by atoms with E-state index in [-0.39, 0.29) is 17.6 Å². The number of nitrogens with zero attached hydrogens (tertiary/aromatic N) is 3. The van der Waals surface area contributed by atoms with E-state index in [1.807, 2.05) is 36.1 Å². The van der Waals surface area contributed by atoms with Crippen LogP contribution in [0.15, 0.2) is 65.2 Å². The second kappa shape index (κ2) is 10.1. The van der Waals surface area contributed by atoms with Gasteiger partial charge in [0.05, 0.1) is 24.4 Å². The van der Waals surface area contributed by atoms with E-state index in [0.717, 1.165) is 35.5 Å². The molecule has 1 N–H and O–H groups in total. The van der Waals surface area contributed by atoms with Gasteiger partial charge in [-0.05, 0) is 55.7 Å². The van der Waals surface area contributed by atoms with Crippen molar-refractivity contribution in [1.29, 1.82) is 0 Å². The standard InChI is InChI=1S/C27H27FN4O3/c1-2-34-25-8-4-3-7-22(25)23-15-24(31-30-23)27(33)32-13-5-6-19(17-32)26-29-16-21(35-26)14-18-9-11-20(28)12-10-18/h3-4,7-12,15-16,19H,2,5-6,13-14,17H2,1H3,(H,30,31). The molecule has 5 rings (SSSR count). The summed E-state index contributed by atoms with van der Waals surface area (Å²) < 4.78 is 24.9. The van der Waals surface area contributed by atoms with E-state index in [1.165, 1.54) is 12.1 Å². The average molecular weight is 475 g/mol. The molecule has 1 amide bonds. The summed E-state index contributed by atoms with van der Waals surface area (Å²) in [6.45, 7) is 3.68. The summed E-state index contributed by atoms with van der Waals surface area (Å²) in [6, 6.07) is 15.8. The number of piperidine rings is 1. The molecule has 180 valence electrons. The Hall–Kier alpha value is -3.94. The third-order valence-corrected chi connectivity index (χ3v) is 6.19. The zero-order valence-electron chi connectivity index (χ0n) is 19.5. The second-order valence-corrected chi connectivity index (χ2v) is 8.65. The Bertz CT molecular complexity index is 1300. The Morgan fingerprint density at radius 1 is 1.23 bits per heavy atom. The van der Waals surface area contributed by atoms with E-state index in [1.54, 1.807) is 24.4 Å². The highest BCUT2D eigenvalue weighted by Crippen LogP contribution is 2.31. The number of H-pyrrole nitrogens is 1. The maximum absolute atomic E-state index is 13.2. The van der Waals surface area contributed by atoms with E-state index in [4.69, 9.17) is 9.15 Å². The summed E-state index contributed by atoms with van der Waals surface area (Å²) in [5.74, 6) is 1.76. The number of likely N-dealkylation sites (tertiary alicyclic amines) is 1. The molecule has 35 heavy (non-hydrogen) atoms. The number of para-hydroxylation sites is 1. The molecule has 2 aromatic heterocycles. The Morgan fingerprint density at radius 2 is 2.06 bits per heavy atom. The van der Waals surface area contributed by atoms with E-state index in [9.17, 15) is 9.18 Å². The summed E-state index contributed by atoms with van der Waals surface area (Å²) in [7, 11) is 0. The fourth-order valence-corrected chi connectivity index (χ4v) is 4.46. The van der Waals surface area contributed by atoms with Crippen molar-refractivity contribution in [2.45, 2.75) is 32.1 Å². The lowest BCUT2D eigenvalue weighted by atomic mass is 9.97. The average Bonchev–Trinajstić information content (AvgIpc) is 3.56. The molecule has 8 heteroatoms. The Kier molecular flexibility index (Phi) is 6.61. The van der Waals surface area contributed by atoms with E-state index < -0.39 is 0 Å². The highest BCUT2D eigenvalue weighted by Gasteiger charge is 2.29. The van der Waals surface area contributed by atoms with Crippen LogP contribution in [0.3, 0.4) is 0 Å². The first-order chi connectivity index (χ1) is 17.1. The van der Waals surface area contributed by atoms with Crippen LogP contribution in [0.4, 0.5) is 4.39 Å². The number of ether oxygens (including phenoxy) is 1. The minimum Gasteiger partial charge on any atom is -0.493 e. The van der Waals surface area contributed by atoms with Gasteiger partial charge in [-0.3, -0.25) is 9.89 Å². The molecule has 1 atom stereocenters. The van der Waals surface area contributed by atoms with Gasteiger partial charge in [-0.15, -0.1) is 0 Å². The SMILES string of the molecule is CCOc1ccccc1-c1cc(C(=O)N2CCCC(c3ncc(Cc4ccc(F)cc4)o3)C2)[nH]n1. The second-order valence-electron chi connectivity index (χ2n) is 8.65. The minimum atomic E-state index is -0.262. The zero-order chi connectivity index (χ0) is 24.2. The summed E-state index contributed by atoms with van der Waals surface area (Å²) in [4.78, 5) is 19.5. The lowest BCUT2D eigenvalue weighted by molar-refractivity contribution is 0.0692. The summed E-state index contributed by atoms with van der Waals surface area (Å²) >= 11 is 0. The number of hydrogen-bond acceptors (Lipinski definition) is 5. The first-order valence-corrected chi connectivity index (χ1v) is 11.9. The van der Waals surface area contributed by atoms with Gasteiger partial charge in [-0.1, -0.05) is 24.3 Å². The van der Waals surface area contributed by atoms with Crippen LogP contribution in [0.1, 0.15) is 53.4 Å². The van der Waals surface area contributed by atoms with Gasteiger partial charge in [0.25, 0.3) is 5.91 Å². The van der Waals surface area contributed by atoms with Gasteiger partial charge in [0.15, 0.2) is 5.89 Å². The maximum atomic E-state index is 13.2. The highest BCUT2D eigenvalue weighted by atomic mass is 19.1. The summed E-state index contributed by atoms with van der Waals surface area (Å²) in [5.41, 5.74) is 2.91. The van der Waals surface area contributed by atoms with Crippen molar-refractivity contribution in [2.75, 3.05) is 19.7 Å². The van der Waals surface area contributed by atoms with Gasteiger partial charge >= 0.3 is 0 Å². The molecule has 7 nitrogen and oxygen atoms in total. The molecule has 1 unspecified atom stereocenters. The van der Waals surface area contributed by atoms with Crippen LogP contribution in [0, 0.1) is 5.82 Å². The van der Waals surface area contributed by atoms with Crippen LogP contribution >= 0.6 is 0 Å². The van der Waals surface area contributed by atoms with E-state index in [2.05, 4.69) is 15.2 Å². The third-order valence-electron chi connectivity index (χ3n) is 6.19. The fourth-order valence-electron chi connectivity index (χ4n) is 4.46. The van der Waals surface area contributed by atoms with Crippen LogP contribution in [-0.4, -0.2) is 45.7 Å². The Morgan fingerprint density at radius 3 is 2.89 bits per heavy atom. The molecule has 1 aliphatic heterocycles. The lowest BCUT2D eigenvalue weighted by Crippen LogP contribution is -2.39. The number of nitrogens with one attached hydrogen (secondary N) is 1. The molecule has 1 fully saturated rings. The quantitative estimate of drug-likeness (QED) is 0.397. The van der Waals surface area contributed by atoms with Gasteiger partial charge in [0.1, 0.15) is 23.0 Å². The van der Waals surface area contributed by atoms with Crippen LogP contribution in [-0.2, 0) is 6.42 Å². The number of carbonyl (C=O) groups is 1. The maximum Gasteiger partial charge on any atom is 0.271 e. The highest BCUT2D eigenvalue weighted by molar-refractivity contribution is 5.93. The number of amides is 1. The molecular weight excluding hydrogens is 447 g/mol. The number of carbonyl (C=O) groups excluding carboxylic acids is 1. The molecule has 0 saturated carbocycles. The first kappa shape index (κ1) is 22.8. The smallest absolute Gasteiger partial charge is 0.271 e.